The molecule has 0 spiro atoms. The molecule has 10 heteroatoms. The minimum Gasteiger partial charge on any atom is -0.322 e. The van der Waals surface area contributed by atoms with Crippen molar-refractivity contribution in [2.75, 3.05) is 5.32 Å². The van der Waals surface area contributed by atoms with Crippen molar-refractivity contribution in [3.8, 4) is 5.69 Å². The van der Waals surface area contributed by atoms with E-state index in [4.69, 9.17) is 0 Å². The van der Waals surface area contributed by atoms with E-state index in [1.807, 2.05) is 0 Å². The van der Waals surface area contributed by atoms with Gasteiger partial charge in [0.2, 0.25) is 5.91 Å². The number of fused-ring (bicyclic) bond motifs is 1. The summed E-state index contributed by atoms with van der Waals surface area (Å²) in [5.41, 5.74) is -2.11. The zero-order chi connectivity index (χ0) is 21.4. The summed E-state index contributed by atoms with van der Waals surface area (Å²) in [5.74, 6) is -3.35. The first-order chi connectivity index (χ1) is 14.4. The van der Waals surface area contributed by atoms with Gasteiger partial charge in [-0.05, 0) is 35.7 Å². The predicted octanol–water partition coefficient (Wildman–Crippen LogP) is 3.27. The number of rotatable bonds is 4. The summed E-state index contributed by atoms with van der Waals surface area (Å²) in [6.07, 6.45) is 0. The SMILES string of the molecule is O=C(Cn1c(=O)n(-c2ccc(F)cc2F)c(=O)c2sccc21)Nc1ccccc1F. The van der Waals surface area contributed by atoms with Gasteiger partial charge in [0.05, 0.1) is 16.9 Å². The molecule has 2 aromatic carbocycles. The van der Waals surface area contributed by atoms with Gasteiger partial charge in [-0.25, -0.2) is 22.5 Å². The topological polar surface area (TPSA) is 73.1 Å². The minimum atomic E-state index is -1.10. The Bertz CT molecular complexity index is 1410. The number of halogens is 3. The second-order valence-corrected chi connectivity index (χ2v) is 7.18. The zero-order valence-corrected chi connectivity index (χ0v) is 15.9. The quantitative estimate of drug-likeness (QED) is 0.539. The number of para-hydroxylation sites is 1. The number of hydrogen-bond donors (Lipinski definition) is 1. The van der Waals surface area contributed by atoms with Gasteiger partial charge >= 0.3 is 5.69 Å². The third-order valence-corrected chi connectivity index (χ3v) is 5.25. The van der Waals surface area contributed by atoms with Crippen LogP contribution in [0.4, 0.5) is 18.9 Å². The highest BCUT2D eigenvalue weighted by atomic mass is 32.1. The number of hydrogen-bond acceptors (Lipinski definition) is 4. The van der Waals surface area contributed by atoms with Crippen molar-refractivity contribution >= 4 is 33.1 Å². The summed E-state index contributed by atoms with van der Waals surface area (Å²) in [6, 6.07) is 9.41. The van der Waals surface area contributed by atoms with Gasteiger partial charge in [-0.15, -0.1) is 11.3 Å². The Kier molecular flexibility index (Phi) is 5.00. The molecule has 152 valence electrons. The first kappa shape index (κ1) is 19.6. The number of nitrogens with one attached hydrogen (secondary N) is 1. The van der Waals surface area contributed by atoms with E-state index >= 15 is 0 Å². The Morgan fingerprint density at radius 2 is 1.77 bits per heavy atom. The first-order valence-corrected chi connectivity index (χ1v) is 9.47. The van der Waals surface area contributed by atoms with Crippen molar-refractivity contribution in [2.24, 2.45) is 0 Å². The standard InChI is InChI=1S/C20H12F3N3O3S/c21-11-5-6-15(13(23)9-11)26-19(28)18-16(7-8-30-18)25(20(26)29)10-17(27)24-14-4-2-1-3-12(14)22/h1-9H,10H2,(H,24,27). The third-order valence-electron chi connectivity index (χ3n) is 4.36. The Balaban J connectivity index is 1.83. The molecule has 2 heterocycles. The van der Waals surface area contributed by atoms with Crippen molar-refractivity contribution in [3.05, 3.63) is 92.2 Å². The molecule has 0 fully saturated rings. The molecule has 2 aromatic heterocycles. The molecule has 4 aromatic rings. The molecule has 0 unspecified atom stereocenters. The summed E-state index contributed by atoms with van der Waals surface area (Å²) < 4.78 is 43.0. The Labute approximate surface area is 170 Å². The van der Waals surface area contributed by atoms with E-state index in [9.17, 15) is 27.6 Å². The number of benzene rings is 2. The average Bonchev–Trinajstić information content (AvgIpc) is 3.19. The van der Waals surface area contributed by atoms with Crippen LogP contribution in [0, 0.1) is 17.5 Å². The molecule has 0 aliphatic carbocycles. The lowest BCUT2D eigenvalue weighted by Gasteiger charge is -2.13. The summed E-state index contributed by atoms with van der Waals surface area (Å²) in [7, 11) is 0. The second kappa shape index (κ2) is 7.64. The fraction of sp³-hybridized carbons (Fsp3) is 0.0500. The Morgan fingerprint density at radius 3 is 2.50 bits per heavy atom. The summed E-state index contributed by atoms with van der Waals surface area (Å²) in [5, 5.41) is 3.90. The van der Waals surface area contributed by atoms with E-state index in [1.54, 1.807) is 5.38 Å². The number of thiophene rings is 1. The highest BCUT2D eigenvalue weighted by Crippen LogP contribution is 2.18. The Hall–Kier alpha value is -3.66. The fourth-order valence-corrected chi connectivity index (χ4v) is 3.84. The van der Waals surface area contributed by atoms with Crippen LogP contribution < -0.4 is 16.6 Å². The monoisotopic (exact) mass is 431 g/mol. The molecule has 6 nitrogen and oxygen atoms in total. The molecule has 0 aliphatic heterocycles. The van der Waals surface area contributed by atoms with E-state index in [0.717, 1.165) is 34.1 Å². The van der Waals surface area contributed by atoms with Crippen LogP contribution in [0.25, 0.3) is 15.9 Å². The Morgan fingerprint density at radius 1 is 1.00 bits per heavy atom. The average molecular weight is 431 g/mol. The van der Waals surface area contributed by atoms with Crippen molar-refractivity contribution in [1.82, 2.24) is 9.13 Å². The zero-order valence-electron chi connectivity index (χ0n) is 15.1. The largest absolute Gasteiger partial charge is 0.336 e. The third kappa shape index (κ3) is 3.41. The van der Waals surface area contributed by atoms with Crippen LogP contribution in [0.1, 0.15) is 0 Å². The molecule has 1 N–H and O–H groups in total. The number of carbonyl (C=O) groups is 1. The maximum absolute atomic E-state index is 14.3. The lowest BCUT2D eigenvalue weighted by molar-refractivity contribution is -0.116. The molecular formula is C20H12F3N3O3S. The van der Waals surface area contributed by atoms with Gasteiger partial charge in [-0.2, -0.15) is 0 Å². The van der Waals surface area contributed by atoms with E-state index in [-0.39, 0.29) is 15.9 Å². The number of carbonyl (C=O) groups excluding carboxylic acids is 1. The van der Waals surface area contributed by atoms with Crippen molar-refractivity contribution in [3.63, 3.8) is 0 Å². The lowest BCUT2D eigenvalue weighted by Crippen LogP contribution is -2.40. The van der Waals surface area contributed by atoms with Gasteiger partial charge in [0.15, 0.2) is 0 Å². The highest BCUT2D eigenvalue weighted by Gasteiger charge is 2.20. The molecule has 0 saturated carbocycles. The van der Waals surface area contributed by atoms with E-state index in [0.29, 0.717) is 10.6 Å². The smallest absolute Gasteiger partial charge is 0.322 e. The van der Waals surface area contributed by atoms with E-state index in [1.165, 1.54) is 24.3 Å². The van der Waals surface area contributed by atoms with Crippen LogP contribution in [-0.4, -0.2) is 15.0 Å². The van der Waals surface area contributed by atoms with Gasteiger partial charge in [-0.1, -0.05) is 12.1 Å². The molecule has 1 amide bonds. The molecule has 0 radical (unpaired) electrons. The summed E-state index contributed by atoms with van der Waals surface area (Å²) >= 11 is 1.01. The number of anilines is 1. The van der Waals surface area contributed by atoms with Gasteiger partial charge in [-0.3, -0.25) is 14.2 Å². The van der Waals surface area contributed by atoms with Crippen molar-refractivity contribution in [1.29, 1.82) is 0 Å². The normalized spacial score (nSPS) is 11.0. The summed E-state index contributed by atoms with van der Waals surface area (Å²) in [4.78, 5) is 38.2. The highest BCUT2D eigenvalue weighted by molar-refractivity contribution is 7.17. The van der Waals surface area contributed by atoms with E-state index < -0.39 is 46.8 Å². The molecule has 30 heavy (non-hydrogen) atoms. The van der Waals surface area contributed by atoms with Gasteiger partial charge < -0.3 is 5.32 Å². The van der Waals surface area contributed by atoms with Crippen LogP contribution in [0.5, 0.6) is 0 Å². The molecule has 4 rings (SSSR count). The van der Waals surface area contributed by atoms with Crippen molar-refractivity contribution in [2.45, 2.75) is 6.54 Å². The molecule has 0 bridgehead atoms. The fourth-order valence-electron chi connectivity index (χ4n) is 3.01. The van der Waals surface area contributed by atoms with Gasteiger partial charge in [0.1, 0.15) is 28.7 Å². The van der Waals surface area contributed by atoms with Crippen LogP contribution in [0.15, 0.2) is 63.5 Å². The van der Waals surface area contributed by atoms with Gasteiger partial charge in [0.25, 0.3) is 5.56 Å². The predicted molar refractivity (Wildman–Crippen MR) is 107 cm³/mol. The molecule has 0 atom stereocenters. The van der Waals surface area contributed by atoms with Crippen LogP contribution in [-0.2, 0) is 11.3 Å². The van der Waals surface area contributed by atoms with Crippen LogP contribution in [0.3, 0.4) is 0 Å². The number of nitrogens with zero attached hydrogens (tertiary/aromatic N) is 2. The maximum Gasteiger partial charge on any atom is 0.336 e. The van der Waals surface area contributed by atoms with Crippen LogP contribution in [0.2, 0.25) is 0 Å². The number of amides is 1. The van der Waals surface area contributed by atoms with Crippen LogP contribution >= 0.6 is 11.3 Å². The molecule has 0 aliphatic rings. The van der Waals surface area contributed by atoms with E-state index in [2.05, 4.69) is 5.32 Å². The second-order valence-electron chi connectivity index (χ2n) is 6.27. The van der Waals surface area contributed by atoms with Gasteiger partial charge in [0, 0.05) is 6.07 Å². The minimum absolute atomic E-state index is 0.0741. The molecule has 0 saturated heterocycles. The maximum atomic E-state index is 14.3. The lowest BCUT2D eigenvalue weighted by atomic mass is 10.3. The molecular weight excluding hydrogens is 419 g/mol. The van der Waals surface area contributed by atoms with Crippen molar-refractivity contribution < 1.29 is 18.0 Å². The first-order valence-electron chi connectivity index (χ1n) is 8.59. The number of aromatic nitrogens is 2. The summed E-state index contributed by atoms with van der Waals surface area (Å²) in [6.45, 7) is -0.552.